The zero-order valence-electron chi connectivity index (χ0n) is 18.2. The van der Waals surface area contributed by atoms with Gasteiger partial charge >= 0.3 is 25.2 Å². The lowest BCUT2D eigenvalue weighted by molar-refractivity contribution is -0.149. The van der Waals surface area contributed by atoms with Gasteiger partial charge < -0.3 is 48.4 Å². The second-order valence-corrected chi connectivity index (χ2v) is 7.27. The van der Waals surface area contributed by atoms with Gasteiger partial charge in [0.05, 0.1) is 0 Å². The summed E-state index contributed by atoms with van der Waals surface area (Å²) in [5, 5.41) is 0. The standard InChI is InChI=1S/C18H39BN6O6/c20-10-4-1-7-13(23)16(26)29-19(30-17(27)14(24)8-2-5-11-21)31-18(28)15(25)9-3-6-12-22/h13-15H,1-12,20-25H2/t13-,14-,15-/m0/s1. The molecule has 12 N–H and O–H groups in total. The van der Waals surface area contributed by atoms with Crippen LogP contribution in [0, 0.1) is 0 Å². The molecule has 0 rings (SSSR count). The average molecular weight is 446 g/mol. The maximum Gasteiger partial charge on any atom is 0.870 e. The molecule has 0 amide bonds. The summed E-state index contributed by atoms with van der Waals surface area (Å²) in [5.74, 6) is -2.68. The summed E-state index contributed by atoms with van der Waals surface area (Å²) in [5.41, 5.74) is 33.6. The van der Waals surface area contributed by atoms with Crippen molar-refractivity contribution in [1.82, 2.24) is 0 Å². The van der Waals surface area contributed by atoms with Crippen molar-refractivity contribution < 1.29 is 28.3 Å². The van der Waals surface area contributed by atoms with E-state index in [-0.39, 0.29) is 0 Å². The first-order chi connectivity index (χ1) is 14.8. The third-order valence-corrected chi connectivity index (χ3v) is 4.45. The highest BCUT2D eigenvalue weighted by Crippen LogP contribution is 2.08. The van der Waals surface area contributed by atoms with Gasteiger partial charge in [-0.15, -0.1) is 0 Å². The first kappa shape index (κ1) is 29.2. The highest BCUT2D eigenvalue weighted by atomic mass is 16.8. The van der Waals surface area contributed by atoms with E-state index < -0.39 is 43.4 Å². The van der Waals surface area contributed by atoms with Crippen LogP contribution in [0.4, 0.5) is 0 Å². The molecule has 0 saturated carbocycles. The van der Waals surface area contributed by atoms with Crippen LogP contribution >= 0.6 is 0 Å². The zero-order valence-corrected chi connectivity index (χ0v) is 18.2. The first-order valence-corrected chi connectivity index (χ1v) is 10.7. The maximum atomic E-state index is 12.2. The third kappa shape index (κ3) is 14.0. The van der Waals surface area contributed by atoms with Crippen LogP contribution in [0.5, 0.6) is 0 Å². The lowest BCUT2D eigenvalue weighted by atomic mass is 10.1. The van der Waals surface area contributed by atoms with Crippen LogP contribution in [0.15, 0.2) is 0 Å². The largest absolute Gasteiger partial charge is 0.870 e. The molecular formula is C18H39BN6O6. The summed E-state index contributed by atoms with van der Waals surface area (Å²) in [6.07, 6.45) is 4.79. The van der Waals surface area contributed by atoms with Crippen LogP contribution < -0.4 is 34.4 Å². The molecule has 0 aliphatic carbocycles. The fourth-order valence-corrected chi connectivity index (χ4v) is 2.50. The van der Waals surface area contributed by atoms with Crippen LogP contribution in [-0.2, 0) is 28.3 Å². The Balaban J connectivity index is 4.96. The first-order valence-electron chi connectivity index (χ1n) is 10.7. The Morgan fingerprint density at radius 3 is 1.03 bits per heavy atom. The van der Waals surface area contributed by atoms with Crippen LogP contribution in [0.25, 0.3) is 0 Å². The molecule has 0 radical (unpaired) electrons. The van der Waals surface area contributed by atoms with Crippen LogP contribution in [0.3, 0.4) is 0 Å². The number of rotatable bonds is 18. The van der Waals surface area contributed by atoms with Crippen molar-refractivity contribution in [2.45, 2.75) is 75.9 Å². The molecule has 0 spiro atoms. The molecule has 0 aliphatic heterocycles. The Hall–Kier alpha value is -1.77. The van der Waals surface area contributed by atoms with E-state index in [0.29, 0.717) is 77.4 Å². The molecule has 13 heteroatoms. The van der Waals surface area contributed by atoms with E-state index in [9.17, 15) is 14.4 Å². The Bertz CT molecular complexity index is 458. The lowest BCUT2D eigenvalue weighted by Gasteiger charge is -2.19. The number of hydrogen-bond donors (Lipinski definition) is 6. The van der Waals surface area contributed by atoms with Crippen molar-refractivity contribution >= 4 is 25.2 Å². The highest BCUT2D eigenvalue weighted by molar-refractivity contribution is 6.44. The topological polar surface area (TPSA) is 235 Å². The Morgan fingerprint density at radius 2 is 0.806 bits per heavy atom. The van der Waals surface area contributed by atoms with E-state index in [2.05, 4.69) is 0 Å². The van der Waals surface area contributed by atoms with Crippen molar-refractivity contribution in [2.75, 3.05) is 19.6 Å². The second-order valence-electron chi connectivity index (χ2n) is 7.27. The second kappa shape index (κ2) is 17.9. The summed E-state index contributed by atoms with van der Waals surface area (Å²) in [7, 11) is -1.94. The molecule has 31 heavy (non-hydrogen) atoms. The van der Waals surface area contributed by atoms with Crippen molar-refractivity contribution in [2.24, 2.45) is 34.4 Å². The monoisotopic (exact) mass is 446 g/mol. The van der Waals surface area contributed by atoms with E-state index in [0.717, 1.165) is 0 Å². The molecule has 0 aliphatic rings. The zero-order chi connectivity index (χ0) is 23.6. The van der Waals surface area contributed by atoms with E-state index in [1.165, 1.54) is 0 Å². The third-order valence-electron chi connectivity index (χ3n) is 4.45. The quantitative estimate of drug-likeness (QED) is 0.0987. The summed E-state index contributed by atoms with van der Waals surface area (Å²) in [6.45, 7) is 1.39. The van der Waals surface area contributed by atoms with Gasteiger partial charge in [-0.2, -0.15) is 0 Å². The minimum atomic E-state index is -1.94. The fourth-order valence-electron chi connectivity index (χ4n) is 2.50. The van der Waals surface area contributed by atoms with Crippen LogP contribution in [0.1, 0.15) is 57.8 Å². The molecule has 3 atom stereocenters. The van der Waals surface area contributed by atoms with Crippen LogP contribution in [0.2, 0.25) is 0 Å². The predicted molar refractivity (Wildman–Crippen MR) is 117 cm³/mol. The molecule has 0 bridgehead atoms. The molecule has 0 saturated heterocycles. The molecular weight excluding hydrogens is 407 g/mol. The van der Waals surface area contributed by atoms with Gasteiger partial charge in [-0.05, 0) is 58.2 Å². The normalized spacial score (nSPS) is 13.7. The van der Waals surface area contributed by atoms with Gasteiger partial charge in [0.2, 0.25) is 0 Å². The summed E-state index contributed by atoms with van der Waals surface area (Å²) >= 11 is 0. The maximum absolute atomic E-state index is 12.2. The smallest absolute Gasteiger partial charge is 0.461 e. The minimum absolute atomic E-state index is 0.307. The minimum Gasteiger partial charge on any atom is -0.461 e. The average Bonchev–Trinajstić information content (AvgIpc) is 2.73. The Kier molecular flexibility index (Phi) is 16.9. The van der Waals surface area contributed by atoms with Gasteiger partial charge in [0.15, 0.2) is 0 Å². The number of carbonyl (C=O) groups excluding carboxylic acids is 3. The predicted octanol–water partition coefficient (Wildman–Crippen LogP) is -2.03. The summed E-state index contributed by atoms with van der Waals surface area (Å²) in [4.78, 5) is 36.7. The lowest BCUT2D eigenvalue weighted by Crippen LogP contribution is -2.46. The van der Waals surface area contributed by atoms with Crippen LogP contribution in [-0.4, -0.2) is 63.0 Å². The van der Waals surface area contributed by atoms with Crippen molar-refractivity contribution in [3.63, 3.8) is 0 Å². The fraction of sp³-hybridized carbons (Fsp3) is 0.833. The van der Waals surface area contributed by atoms with Gasteiger partial charge in [-0.25, -0.2) is 0 Å². The highest BCUT2D eigenvalue weighted by Gasteiger charge is 2.40. The molecule has 12 nitrogen and oxygen atoms in total. The summed E-state index contributed by atoms with van der Waals surface area (Å²) in [6, 6.07) is -2.99. The van der Waals surface area contributed by atoms with Gasteiger partial charge in [0, 0.05) is 0 Å². The molecule has 0 unspecified atom stereocenters. The SMILES string of the molecule is NCCCC[C@H](N)C(=O)OB(OC(=O)[C@@H](N)CCCCN)OC(=O)[C@@H](N)CCCCN. The molecule has 0 aromatic carbocycles. The van der Waals surface area contributed by atoms with Crippen molar-refractivity contribution in [1.29, 1.82) is 0 Å². The van der Waals surface area contributed by atoms with E-state index >= 15 is 0 Å². The van der Waals surface area contributed by atoms with Crippen molar-refractivity contribution in [3.05, 3.63) is 0 Å². The molecule has 0 aromatic heterocycles. The molecule has 180 valence electrons. The number of unbranched alkanes of at least 4 members (excludes halogenated alkanes) is 3. The van der Waals surface area contributed by atoms with Crippen molar-refractivity contribution in [3.8, 4) is 0 Å². The van der Waals surface area contributed by atoms with E-state index in [4.69, 9.17) is 48.4 Å². The van der Waals surface area contributed by atoms with Gasteiger partial charge in [0.1, 0.15) is 18.1 Å². The molecule has 0 fully saturated rings. The summed E-state index contributed by atoms with van der Waals surface area (Å²) < 4.78 is 15.0. The molecule has 0 heterocycles. The Labute approximate surface area is 184 Å². The number of hydrogen-bond acceptors (Lipinski definition) is 12. The Morgan fingerprint density at radius 1 is 0.548 bits per heavy atom. The van der Waals surface area contributed by atoms with E-state index in [1.54, 1.807) is 0 Å². The number of nitrogens with two attached hydrogens (primary N) is 6. The van der Waals surface area contributed by atoms with Gasteiger partial charge in [0.25, 0.3) is 0 Å². The van der Waals surface area contributed by atoms with E-state index in [1.807, 2.05) is 0 Å². The van der Waals surface area contributed by atoms with Gasteiger partial charge in [-0.3, -0.25) is 14.4 Å². The molecule has 0 aromatic rings. The van der Waals surface area contributed by atoms with Gasteiger partial charge in [-0.1, -0.05) is 19.3 Å². The number of carbonyl (C=O) groups is 3.